The van der Waals surface area contributed by atoms with Gasteiger partial charge in [-0.1, -0.05) is 29.8 Å². The lowest BCUT2D eigenvalue weighted by Crippen LogP contribution is -2.31. The summed E-state index contributed by atoms with van der Waals surface area (Å²) in [5, 5.41) is 10.9. The Bertz CT molecular complexity index is 890. The highest BCUT2D eigenvalue weighted by Crippen LogP contribution is 2.29. The molecule has 0 aliphatic heterocycles. The van der Waals surface area contributed by atoms with E-state index in [1.165, 1.54) is 36.4 Å². The van der Waals surface area contributed by atoms with Crippen LogP contribution in [0.1, 0.15) is 24.5 Å². The smallest absolute Gasteiger partial charge is 0.339 e. The van der Waals surface area contributed by atoms with E-state index < -0.39 is 27.0 Å². The van der Waals surface area contributed by atoms with Gasteiger partial charge in [-0.25, -0.2) is 0 Å². The predicted molar refractivity (Wildman–Crippen MR) is 95.3 cm³/mol. The summed E-state index contributed by atoms with van der Waals surface area (Å²) in [7, 11) is -3.97. The van der Waals surface area contributed by atoms with Crippen LogP contribution < -0.4 is 4.18 Å². The zero-order valence-corrected chi connectivity index (χ0v) is 15.2. The summed E-state index contributed by atoms with van der Waals surface area (Å²) < 4.78 is 29.7. The van der Waals surface area contributed by atoms with Crippen molar-refractivity contribution in [1.29, 1.82) is 0 Å². The Labute approximate surface area is 151 Å². The minimum atomic E-state index is -3.97. The summed E-state index contributed by atoms with van der Waals surface area (Å²) in [5.74, 6) is 0.0869. The Morgan fingerprint density at radius 3 is 2.19 bits per heavy atom. The first-order chi connectivity index (χ1) is 12.2. The maximum absolute atomic E-state index is 12.3. The summed E-state index contributed by atoms with van der Waals surface area (Å²) in [6.45, 7) is 3.05. The van der Waals surface area contributed by atoms with E-state index in [1.807, 2.05) is 6.92 Å². The van der Waals surface area contributed by atoms with E-state index >= 15 is 0 Å². The molecule has 0 amide bonds. The van der Waals surface area contributed by atoms with Crippen LogP contribution in [0.25, 0.3) is 0 Å². The quantitative estimate of drug-likeness (QED) is 0.303. The van der Waals surface area contributed by atoms with E-state index in [-0.39, 0.29) is 17.1 Å². The topological polar surface area (TPSA) is 104 Å². The number of aldehydes is 1. The van der Waals surface area contributed by atoms with Crippen LogP contribution in [-0.2, 0) is 20.3 Å². The predicted octanol–water partition coefficient (Wildman–Crippen LogP) is 2.89. The van der Waals surface area contributed by atoms with Crippen LogP contribution in [0.4, 0.5) is 0 Å². The van der Waals surface area contributed by atoms with Crippen molar-refractivity contribution in [1.82, 2.24) is 0 Å². The lowest BCUT2D eigenvalue weighted by atomic mass is 9.80. The van der Waals surface area contributed by atoms with Crippen molar-refractivity contribution in [3.05, 3.63) is 69.8 Å². The number of rotatable bonds is 8. The second-order valence-corrected chi connectivity index (χ2v) is 7.84. The first-order valence-corrected chi connectivity index (χ1v) is 9.24. The molecule has 0 N–H and O–H groups in total. The number of nitrogens with zero attached hydrogens (tertiary/aromatic N) is 1. The van der Waals surface area contributed by atoms with E-state index in [0.717, 1.165) is 5.56 Å². The van der Waals surface area contributed by atoms with Crippen LogP contribution in [0.3, 0.4) is 0 Å². The molecule has 0 unspecified atom stereocenters. The van der Waals surface area contributed by atoms with Gasteiger partial charge in [-0.05, 0) is 43.7 Å². The SMILES string of the molecule is Cc1ccc(S(=O)(=O)Oc2ccc([C@](C)(CC=O)C[N+](=O)[O-])cc2)cc1. The number of carbonyl (C=O) groups is 1. The van der Waals surface area contributed by atoms with Crippen LogP contribution in [0.5, 0.6) is 5.75 Å². The van der Waals surface area contributed by atoms with Gasteiger partial charge in [0.15, 0.2) is 0 Å². The molecule has 0 aromatic heterocycles. The molecule has 0 bridgehead atoms. The molecule has 0 saturated heterocycles. The molecule has 0 spiro atoms. The fraction of sp³-hybridized carbons (Fsp3) is 0.278. The third-order valence-electron chi connectivity index (χ3n) is 4.08. The summed E-state index contributed by atoms with van der Waals surface area (Å²) in [4.78, 5) is 21.3. The van der Waals surface area contributed by atoms with Gasteiger partial charge in [-0.15, -0.1) is 0 Å². The molecule has 2 aromatic rings. The third-order valence-corrected chi connectivity index (χ3v) is 5.34. The Kier molecular flexibility index (Phi) is 5.76. The molecule has 2 rings (SSSR count). The van der Waals surface area contributed by atoms with Gasteiger partial charge in [0.1, 0.15) is 16.9 Å². The number of aryl methyl sites for hydroxylation is 1. The number of benzene rings is 2. The molecule has 0 fully saturated rings. The van der Waals surface area contributed by atoms with Gasteiger partial charge in [0.2, 0.25) is 6.54 Å². The number of carbonyl (C=O) groups excluding carboxylic acids is 1. The van der Waals surface area contributed by atoms with Crippen molar-refractivity contribution in [2.75, 3.05) is 6.54 Å². The fourth-order valence-electron chi connectivity index (χ4n) is 2.54. The highest BCUT2D eigenvalue weighted by atomic mass is 32.2. The molecule has 0 aliphatic rings. The van der Waals surface area contributed by atoms with Crippen molar-refractivity contribution < 1.29 is 22.3 Å². The van der Waals surface area contributed by atoms with Gasteiger partial charge < -0.3 is 8.98 Å². The van der Waals surface area contributed by atoms with Crippen molar-refractivity contribution in [2.45, 2.75) is 30.6 Å². The molecule has 2 aromatic carbocycles. The molecular weight excluding hydrogens is 358 g/mol. The highest BCUT2D eigenvalue weighted by Gasteiger charge is 2.32. The van der Waals surface area contributed by atoms with Crippen LogP contribution in [-0.4, -0.2) is 26.2 Å². The van der Waals surface area contributed by atoms with E-state index in [2.05, 4.69) is 0 Å². The minimum Gasteiger partial charge on any atom is -0.379 e. The highest BCUT2D eigenvalue weighted by molar-refractivity contribution is 7.87. The monoisotopic (exact) mass is 377 g/mol. The lowest BCUT2D eigenvalue weighted by molar-refractivity contribution is -0.490. The number of hydrogen-bond acceptors (Lipinski definition) is 6. The average Bonchev–Trinajstić information content (AvgIpc) is 2.55. The molecule has 0 heterocycles. The van der Waals surface area contributed by atoms with E-state index in [9.17, 15) is 23.3 Å². The fourth-order valence-corrected chi connectivity index (χ4v) is 3.47. The van der Waals surface area contributed by atoms with E-state index in [1.54, 1.807) is 19.1 Å². The summed E-state index contributed by atoms with van der Waals surface area (Å²) in [6, 6.07) is 12.2. The molecule has 0 radical (unpaired) electrons. The van der Waals surface area contributed by atoms with Crippen molar-refractivity contribution in [2.24, 2.45) is 0 Å². The summed E-state index contributed by atoms with van der Waals surface area (Å²) in [5.41, 5.74) is 0.509. The molecule has 7 nitrogen and oxygen atoms in total. The van der Waals surface area contributed by atoms with Crippen molar-refractivity contribution in [3.8, 4) is 5.75 Å². The largest absolute Gasteiger partial charge is 0.379 e. The van der Waals surface area contributed by atoms with Gasteiger partial charge in [0, 0.05) is 11.3 Å². The standard InChI is InChI=1S/C18H19NO6S/c1-14-3-9-17(10-4-14)26(23,24)25-16-7-5-15(6-8-16)18(2,11-12-20)13-19(21)22/h3-10,12H,11,13H2,1-2H3/t18-/m1/s1. The second kappa shape index (κ2) is 7.65. The Morgan fingerprint density at radius 2 is 1.69 bits per heavy atom. The van der Waals surface area contributed by atoms with Gasteiger partial charge >= 0.3 is 10.1 Å². The van der Waals surface area contributed by atoms with Crippen LogP contribution in [0.15, 0.2) is 53.4 Å². The Morgan fingerprint density at radius 1 is 1.12 bits per heavy atom. The zero-order valence-electron chi connectivity index (χ0n) is 14.4. The average molecular weight is 377 g/mol. The van der Waals surface area contributed by atoms with Crippen LogP contribution in [0, 0.1) is 17.0 Å². The van der Waals surface area contributed by atoms with Crippen LogP contribution in [0.2, 0.25) is 0 Å². The zero-order chi connectivity index (χ0) is 19.4. The summed E-state index contributed by atoms with van der Waals surface area (Å²) in [6.07, 6.45) is 0.617. The van der Waals surface area contributed by atoms with E-state index in [0.29, 0.717) is 11.8 Å². The summed E-state index contributed by atoms with van der Waals surface area (Å²) >= 11 is 0. The minimum absolute atomic E-state index is 0.0180. The Hall–Kier alpha value is -2.74. The molecule has 8 heteroatoms. The lowest BCUT2D eigenvalue weighted by Gasteiger charge is -2.23. The molecule has 1 atom stereocenters. The number of hydrogen-bond donors (Lipinski definition) is 0. The van der Waals surface area contributed by atoms with Crippen molar-refractivity contribution in [3.63, 3.8) is 0 Å². The maximum atomic E-state index is 12.3. The molecule has 0 aliphatic carbocycles. The maximum Gasteiger partial charge on any atom is 0.339 e. The number of nitro groups is 1. The van der Waals surface area contributed by atoms with Gasteiger partial charge in [-0.3, -0.25) is 10.1 Å². The first-order valence-electron chi connectivity index (χ1n) is 7.83. The van der Waals surface area contributed by atoms with Gasteiger partial charge in [-0.2, -0.15) is 8.42 Å². The molecular formula is C18H19NO6S. The Balaban J connectivity index is 2.24. The van der Waals surface area contributed by atoms with Gasteiger partial charge in [0.05, 0.1) is 5.41 Å². The molecule has 138 valence electrons. The molecule has 0 saturated carbocycles. The first kappa shape index (κ1) is 19.6. The third kappa shape index (κ3) is 4.66. The van der Waals surface area contributed by atoms with Crippen molar-refractivity contribution >= 4 is 16.4 Å². The van der Waals surface area contributed by atoms with Gasteiger partial charge in [0.25, 0.3) is 0 Å². The van der Waals surface area contributed by atoms with E-state index in [4.69, 9.17) is 4.18 Å². The molecule has 26 heavy (non-hydrogen) atoms. The normalized spacial score (nSPS) is 13.6. The second-order valence-electron chi connectivity index (χ2n) is 6.30. The van der Waals surface area contributed by atoms with Crippen LogP contribution >= 0.6 is 0 Å².